The van der Waals surface area contributed by atoms with E-state index in [1.54, 1.807) is 0 Å². The molecule has 0 unspecified atom stereocenters. The molecule has 0 bridgehead atoms. The molecule has 0 saturated heterocycles. The molecular formula is C14H6BrCl2F3O2. The Labute approximate surface area is 141 Å². The second kappa shape index (κ2) is 6.48. The van der Waals surface area contributed by atoms with E-state index < -0.39 is 17.0 Å². The minimum atomic E-state index is -4.49. The van der Waals surface area contributed by atoms with Crippen LogP contribution in [-0.2, 0) is 6.18 Å². The molecule has 0 aliphatic rings. The van der Waals surface area contributed by atoms with E-state index in [1.807, 2.05) is 0 Å². The monoisotopic (exact) mass is 412 g/mol. The molecule has 2 rings (SSSR count). The zero-order chi connectivity index (χ0) is 16.5. The van der Waals surface area contributed by atoms with E-state index in [0.29, 0.717) is 4.47 Å². The van der Waals surface area contributed by atoms with E-state index in [1.165, 1.54) is 18.2 Å². The molecule has 0 heterocycles. The third-order valence-corrected chi connectivity index (χ3v) is 3.83. The van der Waals surface area contributed by atoms with Crippen LogP contribution in [0.2, 0.25) is 5.02 Å². The average Bonchev–Trinajstić information content (AvgIpc) is 2.41. The van der Waals surface area contributed by atoms with E-state index in [-0.39, 0.29) is 22.1 Å². The summed E-state index contributed by atoms with van der Waals surface area (Å²) in [7, 11) is 0. The molecule has 2 nitrogen and oxygen atoms in total. The molecule has 2 aromatic rings. The summed E-state index contributed by atoms with van der Waals surface area (Å²) in [5.74, 6) is 0.249. The molecular weight excluding hydrogens is 408 g/mol. The van der Waals surface area contributed by atoms with Gasteiger partial charge < -0.3 is 4.74 Å². The lowest BCUT2D eigenvalue weighted by Crippen LogP contribution is -2.04. The Hall–Kier alpha value is -1.24. The first-order chi connectivity index (χ1) is 10.2. The minimum Gasteiger partial charge on any atom is -0.456 e. The summed E-state index contributed by atoms with van der Waals surface area (Å²) in [5, 5.41) is -0.896. The average molecular weight is 414 g/mol. The number of halogens is 6. The summed E-state index contributed by atoms with van der Waals surface area (Å²) in [6.07, 6.45) is -4.49. The lowest BCUT2D eigenvalue weighted by atomic mass is 10.2. The quantitative estimate of drug-likeness (QED) is 0.552. The third-order valence-electron chi connectivity index (χ3n) is 2.64. The highest BCUT2D eigenvalue weighted by atomic mass is 79.9. The fourth-order valence-electron chi connectivity index (χ4n) is 1.61. The number of alkyl halides is 3. The normalized spacial score (nSPS) is 11.4. The number of hydrogen-bond donors (Lipinski definition) is 0. The zero-order valence-corrected chi connectivity index (χ0v) is 13.6. The van der Waals surface area contributed by atoms with Crippen molar-refractivity contribution in [3.63, 3.8) is 0 Å². The molecule has 22 heavy (non-hydrogen) atoms. The molecule has 0 fully saturated rings. The van der Waals surface area contributed by atoms with Gasteiger partial charge in [-0.15, -0.1) is 0 Å². The molecule has 0 aliphatic carbocycles. The smallest absolute Gasteiger partial charge is 0.416 e. The van der Waals surface area contributed by atoms with Crippen LogP contribution in [0, 0.1) is 0 Å². The van der Waals surface area contributed by atoms with Crippen molar-refractivity contribution in [3.8, 4) is 11.5 Å². The van der Waals surface area contributed by atoms with Crippen LogP contribution in [-0.4, -0.2) is 5.24 Å². The van der Waals surface area contributed by atoms with E-state index in [4.69, 9.17) is 27.9 Å². The van der Waals surface area contributed by atoms with Gasteiger partial charge in [-0.25, -0.2) is 0 Å². The van der Waals surface area contributed by atoms with Gasteiger partial charge in [-0.1, -0.05) is 11.6 Å². The number of ether oxygens (including phenoxy) is 1. The highest BCUT2D eigenvalue weighted by Crippen LogP contribution is 2.37. The van der Waals surface area contributed by atoms with Crippen molar-refractivity contribution in [1.82, 2.24) is 0 Å². The number of benzene rings is 2. The van der Waals surface area contributed by atoms with Crippen molar-refractivity contribution < 1.29 is 22.7 Å². The first kappa shape index (κ1) is 17.1. The topological polar surface area (TPSA) is 26.3 Å². The summed E-state index contributed by atoms with van der Waals surface area (Å²) >= 11 is 14.4. The minimum absolute atomic E-state index is 0.0324. The largest absolute Gasteiger partial charge is 0.456 e. The Balaban J connectivity index is 2.32. The van der Waals surface area contributed by atoms with Crippen molar-refractivity contribution >= 4 is 44.4 Å². The maximum atomic E-state index is 12.6. The summed E-state index contributed by atoms with van der Waals surface area (Å²) in [6.45, 7) is 0. The second-order valence-electron chi connectivity index (χ2n) is 4.16. The van der Waals surface area contributed by atoms with Gasteiger partial charge in [0.1, 0.15) is 11.5 Å². The number of carbonyl (C=O) groups excluding carboxylic acids is 1. The first-order valence-electron chi connectivity index (χ1n) is 5.72. The summed E-state index contributed by atoms with van der Waals surface area (Å²) in [5.41, 5.74) is -0.709. The van der Waals surface area contributed by atoms with Crippen molar-refractivity contribution in [3.05, 3.63) is 57.0 Å². The molecule has 0 N–H and O–H groups in total. The van der Waals surface area contributed by atoms with Crippen LogP contribution in [0.5, 0.6) is 11.5 Å². The van der Waals surface area contributed by atoms with Crippen LogP contribution in [0.15, 0.2) is 40.9 Å². The van der Waals surface area contributed by atoms with Crippen LogP contribution < -0.4 is 4.74 Å². The molecule has 0 saturated carbocycles. The van der Waals surface area contributed by atoms with E-state index >= 15 is 0 Å². The van der Waals surface area contributed by atoms with Crippen LogP contribution in [0.25, 0.3) is 0 Å². The van der Waals surface area contributed by atoms with Gasteiger partial charge >= 0.3 is 6.18 Å². The van der Waals surface area contributed by atoms with Crippen molar-refractivity contribution in [2.75, 3.05) is 0 Å². The van der Waals surface area contributed by atoms with Crippen molar-refractivity contribution in [2.45, 2.75) is 6.18 Å². The van der Waals surface area contributed by atoms with E-state index in [0.717, 1.165) is 18.2 Å². The summed E-state index contributed by atoms with van der Waals surface area (Å²) in [6, 6.07) is 7.13. The molecule has 0 amide bonds. The van der Waals surface area contributed by atoms with Gasteiger partial charge in [0, 0.05) is 4.47 Å². The fourth-order valence-corrected chi connectivity index (χ4v) is 2.52. The number of carbonyl (C=O) groups is 1. The van der Waals surface area contributed by atoms with Crippen molar-refractivity contribution in [1.29, 1.82) is 0 Å². The Morgan fingerprint density at radius 1 is 1.14 bits per heavy atom. The van der Waals surface area contributed by atoms with Gasteiger partial charge in [0.05, 0.1) is 16.1 Å². The van der Waals surface area contributed by atoms with Gasteiger partial charge in [0.2, 0.25) is 0 Å². The molecule has 8 heteroatoms. The Kier molecular flexibility index (Phi) is 5.04. The van der Waals surface area contributed by atoms with Gasteiger partial charge in [-0.3, -0.25) is 4.79 Å². The summed E-state index contributed by atoms with van der Waals surface area (Å²) < 4.78 is 43.5. The molecule has 0 spiro atoms. The maximum Gasteiger partial charge on any atom is 0.416 e. The highest BCUT2D eigenvalue weighted by Gasteiger charge is 2.31. The predicted octanol–water partition coefficient (Wildman–Crippen LogP) is 6.29. The number of rotatable bonds is 3. The Bertz CT molecular complexity index is 733. The molecule has 2 aromatic carbocycles. The molecule has 0 radical (unpaired) electrons. The second-order valence-corrected chi connectivity index (χ2v) is 5.77. The van der Waals surface area contributed by atoms with E-state index in [2.05, 4.69) is 15.9 Å². The van der Waals surface area contributed by atoms with Gasteiger partial charge in [0.25, 0.3) is 5.24 Å². The van der Waals surface area contributed by atoms with Gasteiger partial charge in [-0.2, -0.15) is 13.2 Å². The van der Waals surface area contributed by atoms with Gasteiger partial charge in [-0.05, 0) is 63.9 Å². The molecule has 0 atom stereocenters. The lowest BCUT2D eigenvalue weighted by molar-refractivity contribution is -0.137. The standard InChI is InChI=1S/C14H6BrCl2F3O2/c15-10-3-2-8(6-9(10)13(17)21)22-12-4-1-7(5-11(12)16)14(18,19)20/h1-6H. The summed E-state index contributed by atoms with van der Waals surface area (Å²) in [4.78, 5) is 11.2. The Morgan fingerprint density at radius 2 is 1.82 bits per heavy atom. The van der Waals surface area contributed by atoms with Crippen LogP contribution >= 0.6 is 39.1 Å². The number of hydrogen-bond acceptors (Lipinski definition) is 2. The van der Waals surface area contributed by atoms with Crippen LogP contribution in [0.1, 0.15) is 15.9 Å². The maximum absolute atomic E-state index is 12.6. The van der Waals surface area contributed by atoms with Crippen LogP contribution in [0.4, 0.5) is 13.2 Å². The van der Waals surface area contributed by atoms with E-state index in [9.17, 15) is 18.0 Å². The molecule has 0 aromatic heterocycles. The molecule has 116 valence electrons. The fraction of sp³-hybridized carbons (Fsp3) is 0.0714. The van der Waals surface area contributed by atoms with Crippen LogP contribution in [0.3, 0.4) is 0 Å². The first-order valence-corrected chi connectivity index (χ1v) is 7.27. The highest BCUT2D eigenvalue weighted by molar-refractivity contribution is 9.10. The molecule has 0 aliphatic heterocycles. The lowest BCUT2D eigenvalue weighted by Gasteiger charge is -2.11. The van der Waals surface area contributed by atoms with Gasteiger partial charge in [0.15, 0.2) is 0 Å². The third kappa shape index (κ3) is 3.94. The SMILES string of the molecule is O=C(Cl)c1cc(Oc2ccc(C(F)(F)F)cc2Cl)ccc1Br. The Morgan fingerprint density at radius 3 is 2.36 bits per heavy atom. The van der Waals surface area contributed by atoms with Crippen molar-refractivity contribution in [2.24, 2.45) is 0 Å². The zero-order valence-electron chi connectivity index (χ0n) is 10.5. The predicted molar refractivity (Wildman–Crippen MR) is 80.9 cm³/mol.